The summed E-state index contributed by atoms with van der Waals surface area (Å²) >= 11 is 0. The Morgan fingerprint density at radius 2 is 1.26 bits per heavy atom. The van der Waals surface area contributed by atoms with E-state index in [1.165, 1.54) is 0 Å². The van der Waals surface area contributed by atoms with Crippen LogP contribution >= 0.6 is 0 Å². The van der Waals surface area contributed by atoms with Gasteiger partial charge in [-0.15, -0.1) is 0 Å². The van der Waals surface area contributed by atoms with E-state index in [-0.39, 0.29) is 25.9 Å². The molecule has 0 spiro atoms. The molecule has 0 aromatic carbocycles. The van der Waals surface area contributed by atoms with Gasteiger partial charge in [-0.3, -0.25) is 4.79 Å². The number of alkyl halides is 2. The molecule has 292 valence electrons. The minimum absolute atomic E-state index is 0.128. The molecule has 0 aromatic heterocycles. The minimum Gasteiger partial charge on any atom is -0.394 e. The molecule has 3 aliphatic heterocycles. The van der Waals surface area contributed by atoms with Crippen molar-refractivity contribution in [3.8, 4) is 0 Å². The van der Waals surface area contributed by atoms with Crippen molar-refractivity contribution in [1.29, 1.82) is 0 Å². The molecule has 1 amide bonds. The largest absolute Gasteiger partial charge is 0.394 e. The zero-order chi connectivity index (χ0) is 37.2. The third-order valence-electron chi connectivity index (χ3n) is 9.45. The molecule has 4 rings (SSSR count). The molecule has 50 heavy (non-hydrogen) atoms. The van der Waals surface area contributed by atoms with Gasteiger partial charge in [-0.1, -0.05) is 0 Å². The minimum atomic E-state index is -3.94. The molecule has 1 saturated carbocycles. The summed E-state index contributed by atoms with van der Waals surface area (Å²) in [6.45, 7) is -2.49. The van der Waals surface area contributed by atoms with Crippen molar-refractivity contribution in [3.63, 3.8) is 0 Å². The Bertz CT molecular complexity index is 1110. The molecule has 1 aliphatic carbocycles. The fourth-order valence-corrected chi connectivity index (χ4v) is 6.43. The van der Waals surface area contributed by atoms with Crippen LogP contribution in [0.25, 0.3) is 0 Å². The average molecular weight is 736 g/mol. The number of halogens is 2. The Morgan fingerprint density at radius 3 is 1.74 bits per heavy atom. The van der Waals surface area contributed by atoms with Gasteiger partial charge in [0.05, 0.1) is 31.3 Å². The number of hydrogen-bond acceptors (Lipinski definition) is 20. The van der Waals surface area contributed by atoms with Crippen LogP contribution in [0.4, 0.5) is 8.78 Å². The van der Waals surface area contributed by atoms with Gasteiger partial charge in [-0.25, -0.2) is 8.78 Å². The van der Waals surface area contributed by atoms with Crippen LogP contribution in [0.15, 0.2) is 0 Å². The Morgan fingerprint density at radius 1 is 0.760 bits per heavy atom. The quantitative estimate of drug-likeness (QED) is 0.0834. The van der Waals surface area contributed by atoms with E-state index >= 15 is 0 Å². The number of hydrogen-bond donors (Lipinski definition) is 14. The first-order chi connectivity index (χ1) is 23.5. The van der Waals surface area contributed by atoms with Gasteiger partial charge >= 0.3 is 0 Å². The molecule has 4 aliphatic rings. The first kappa shape index (κ1) is 41.3. The number of carbonyl (C=O) groups excluding carboxylic acids is 1. The monoisotopic (exact) mass is 735 g/mol. The summed E-state index contributed by atoms with van der Waals surface area (Å²) in [6.07, 6.45) is -22.6. The first-order valence-corrected chi connectivity index (χ1v) is 16.2. The summed E-state index contributed by atoms with van der Waals surface area (Å²) in [5, 5.41) is 74.8. The second-order valence-electron chi connectivity index (χ2n) is 13.0. The zero-order valence-electron chi connectivity index (χ0n) is 26.9. The molecule has 19 atom stereocenters. The maximum Gasteiger partial charge on any atom is 0.294 e. The number of amides is 1. The van der Waals surface area contributed by atoms with E-state index in [1.54, 1.807) is 0 Å². The van der Waals surface area contributed by atoms with E-state index in [0.717, 1.165) is 0 Å². The number of rotatable bonds is 13. The molecule has 0 radical (unpaired) electrons. The summed E-state index contributed by atoms with van der Waals surface area (Å²) in [5.74, 6) is -5.39. The van der Waals surface area contributed by atoms with Crippen LogP contribution in [0.2, 0.25) is 0 Å². The van der Waals surface area contributed by atoms with Gasteiger partial charge in [0.2, 0.25) is 0 Å². The zero-order valence-corrected chi connectivity index (χ0v) is 26.9. The van der Waals surface area contributed by atoms with Crippen molar-refractivity contribution in [2.75, 3.05) is 26.2 Å². The van der Waals surface area contributed by atoms with Crippen molar-refractivity contribution < 1.29 is 77.7 Å². The molecule has 3 heterocycles. The molecule has 20 N–H and O–H groups in total. The van der Waals surface area contributed by atoms with Crippen LogP contribution in [0.3, 0.4) is 0 Å². The van der Waals surface area contributed by atoms with Gasteiger partial charge in [0.1, 0.15) is 61.0 Å². The van der Waals surface area contributed by atoms with Gasteiger partial charge in [0.25, 0.3) is 11.8 Å². The molecule has 0 unspecified atom stereocenters. The lowest BCUT2D eigenvalue weighted by Gasteiger charge is -2.46. The summed E-state index contributed by atoms with van der Waals surface area (Å²) in [5.41, 5.74) is 34.8. The number of nitrogens with two attached hydrogens (primary N) is 6. The third kappa shape index (κ3) is 8.68. The van der Waals surface area contributed by atoms with E-state index in [9.17, 15) is 49.3 Å². The second kappa shape index (κ2) is 17.1. The Labute approximate surface area is 285 Å². The normalized spacial score (nSPS) is 46.5. The summed E-state index contributed by atoms with van der Waals surface area (Å²) in [4.78, 5) is 12.6. The van der Waals surface area contributed by atoms with Crippen LogP contribution in [0, 0.1) is 0 Å². The van der Waals surface area contributed by atoms with Crippen molar-refractivity contribution in [1.82, 2.24) is 5.32 Å². The summed E-state index contributed by atoms with van der Waals surface area (Å²) in [7, 11) is 0. The van der Waals surface area contributed by atoms with Crippen LogP contribution in [0.1, 0.15) is 12.8 Å². The third-order valence-corrected chi connectivity index (χ3v) is 9.45. The van der Waals surface area contributed by atoms with Crippen LogP contribution in [-0.4, -0.2) is 190 Å². The standard InChI is InChI=1S/C27H51F2N7O14/c28-27(29,6-32)22(43)23(44)36-7-1-8(33)20(49-24-13(34)17(40)15(38)10(3-30)46-24)9(2-7)45-26-19(42)21(12(5-37)48-26)50-25-14(35)18(41)16(39)11(4-31)47-25/h7-22,24-26,37-43H,1-6,30-35H2,(H,36,44)/t7-,8+,9-,10-,11+,12-,13-,14-,15-,16-,17+,18-,19-,20-,21-,22-,24-,25-,26-/m1/s1. The Kier molecular flexibility index (Phi) is 14.2. The highest BCUT2D eigenvalue weighted by Crippen LogP contribution is 2.34. The molecule has 21 nitrogen and oxygen atoms in total. The fraction of sp³-hybridized carbons (Fsp3) is 0.963. The van der Waals surface area contributed by atoms with Crippen molar-refractivity contribution >= 4 is 5.91 Å². The van der Waals surface area contributed by atoms with Crippen LogP contribution in [-0.2, 0) is 33.2 Å². The van der Waals surface area contributed by atoms with Gasteiger partial charge in [-0.05, 0) is 12.8 Å². The van der Waals surface area contributed by atoms with Gasteiger partial charge in [0, 0.05) is 25.2 Å². The van der Waals surface area contributed by atoms with E-state index in [2.05, 4.69) is 5.32 Å². The van der Waals surface area contributed by atoms with Gasteiger partial charge in [-0.2, -0.15) is 0 Å². The van der Waals surface area contributed by atoms with Gasteiger partial charge in [0.15, 0.2) is 25.0 Å². The fourth-order valence-electron chi connectivity index (χ4n) is 6.43. The molecule has 4 fully saturated rings. The van der Waals surface area contributed by atoms with E-state index in [0.29, 0.717) is 0 Å². The average Bonchev–Trinajstić information content (AvgIpc) is 3.38. The lowest BCUT2D eigenvalue weighted by molar-refractivity contribution is -0.298. The smallest absolute Gasteiger partial charge is 0.294 e. The maximum atomic E-state index is 14.0. The molecule has 0 bridgehead atoms. The summed E-state index contributed by atoms with van der Waals surface area (Å²) in [6, 6.07) is -4.74. The van der Waals surface area contributed by atoms with Crippen LogP contribution in [0.5, 0.6) is 0 Å². The number of aliphatic hydroxyl groups excluding tert-OH is 7. The maximum absolute atomic E-state index is 14.0. The van der Waals surface area contributed by atoms with Crippen molar-refractivity contribution in [2.45, 2.75) is 135 Å². The first-order valence-electron chi connectivity index (χ1n) is 16.2. The van der Waals surface area contributed by atoms with E-state index in [4.69, 9.17) is 62.8 Å². The highest BCUT2D eigenvalue weighted by atomic mass is 19.3. The SMILES string of the molecule is NC[C@@H]1O[C@H](O[C@H]2[C@@H](O)[C@H](O[C@@H]3C[C@H](NC(=O)[C@@H](O)C(F)(F)CN)C[C@H](N)[C@H]3O[C@H]3O[C@H](CN)[C@@H](O)[C@@H](O)[C@H]3N)O[C@@H]2CO)[C@H](N)[C@@H](O)[C@@H]1O. The lowest BCUT2D eigenvalue weighted by Crippen LogP contribution is -2.66. The Balaban J connectivity index is 1.55. The second-order valence-corrected chi connectivity index (χ2v) is 13.0. The van der Waals surface area contributed by atoms with Crippen molar-refractivity contribution in [3.05, 3.63) is 0 Å². The number of nitrogens with one attached hydrogen (secondary N) is 1. The molecular weight excluding hydrogens is 684 g/mol. The molecule has 23 heteroatoms. The number of aliphatic hydroxyl groups is 7. The summed E-state index contributed by atoms with van der Waals surface area (Å²) < 4.78 is 62.9. The molecular formula is C27H51F2N7O14. The molecule has 0 aromatic rings. The predicted octanol–water partition coefficient (Wildman–Crippen LogP) is -8.75. The number of ether oxygens (including phenoxy) is 6. The van der Waals surface area contributed by atoms with Gasteiger partial charge < -0.3 is 104 Å². The predicted molar refractivity (Wildman–Crippen MR) is 161 cm³/mol. The topological polar surface area (TPSA) is 382 Å². The van der Waals surface area contributed by atoms with Crippen LogP contribution < -0.4 is 39.7 Å². The van der Waals surface area contributed by atoms with Crippen molar-refractivity contribution in [2.24, 2.45) is 34.4 Å². The van der Waals surface area contributed by atoms with E-state index < -0.39 is 141 Å². The molecule has 3 saturated heterocycles. The Hall–Kier alpha value is -1.43. The van der Waals surface area contributed by atoms with E-state index in [1.807, 2.05) is 0 Å². The highest BCUT2D eigenvalue weighted by Gasteiger charge is 2.53. The lowest BCUT2D eigenvalue weighted by atomic mass is 9.85. The number of carbonyl (C=O) groups is 1. The highest BCUT2D eigenvalue weighted by molar-refractivity contribution is 5.82.